The molecule has 0 amide bonds. The molecule has 302 valence electrons. The van der Waals surface area contributed by atoms with Crippen molar-refractivity contribution in [2.45, 2.75) is 211 Å². The number of fused-ring (bicyclic) bond motifs is 1. The van der Waals surface area contributed by atoms with Crippen LogP contribution in [0.5, 0.6) is 0 Å². The Balaban J connectivity index is 1.72. The lowest BCUT2D eigenvalue weighted by Gasteiger charge is -2.32. The van der Waals surface area contributed by atoms with Crippen LogP contribution in [0.4, 0.5) is 0 Å². The van der Waals surface area contributed by atoms with Gasteiger partial charge in [-0.3, -0.25) is 0 Å². The number of allylic oxidation sites excluding steroid dienone is 8. The molecule has 0 aliphatic carbocycles. The predicted octanol–water partition coefficient (Wildman–Crippen LogP) is 12.8. The van der Waals surface area contributed by atoms with E-state index in [0.29, 0.717) is 0 Å². The van der Waals surface area contributed by atoms with E-state index in [9.17, 15) is 0 Å². The maximum Gasteiger partial charge on any atom is 0.169 e. The molecule has 0 N–H and O–H groups in total. The first-order valence-electron chi connectivity index (χ1n) is 22.3. The van der Waals surface area contributed by atoms with E-state index in [1.807, 2.05) is 0 Å². The number of unbranched alkanes of at least 4 members (excludes halogenated alkanes) is 18. The molecule has 2 heterocycles. The lowest BCUT2D eigenvalue weighted by molar-refractivity contribution is -0.219. The summed E-state index contributed by atoms with van der Waals surface area (Å²) < 4.78 is 20.6. The average Bonchev–Trinajstić information content (AvgIpc) is 3.63. The Kier molecular flexibility index (Phi) is 28.0. The standard InChI is InChI=1S/C47H86N2O3/c1-7-9-11-13-15-17-19-21-23-25-27-29-31-33-35-37-39-47(51-45-43(41-48(3)4)50-44(42-49(5)6)46(45)52-47)40-38-36-34-32-30-28-26-24-22-20-18-16-14-12-10-8-2/h15-18,21-24,43-46H,7-14,19-20,25-42H2,1-6H3/b17-15-,18-16-,23-21-,24-22-/t43-,44+,45-,46-/m1/s1. The van der Waals surface area contributed by atoms with Gasteiger partial charge in [-0.1, -0.05) is 140 Å². The van der Waals surface area contributed by atoms with Gasteiger partial charge in [0.2, 0.25) is 0 Å². The molecule has 4 atom stereocenters. The van der Waals surface area contributed by atoms with Crippen LogP contribution in [-0.4, -0.2) is 81.3 Å². The molecule has 2 rings (SSSR count). The molecule has 2 aliphatic heterocycles. The third kappa shape index (κ3) is 22.2. The topological polar surface area (TPSA) is 34.2 Å². The molecule has 0 unspecified atom stereocenters. The Morgan fingerprint density at radius 2 is 0.750 bits per heavy atom. The van der Waals surface area contributed by atoms with Crippen molar-refractivity contribution in [1.29, 1.82) is 0 Å². The number of rotatable bonds is 34. The van der Waals surface area contributed by atoms with Crippen LogP contribution < -0.4 is 0 Å². The van der Waals surface area contributed by atoms with E-state index in [2.05, 4.69) is 100 Å². The van der Waals surface area contributed by atoms with Gasteiger partial charge in [-0.15, -0.1) is 0 Å². The van der Waals surface area contributed by atoms with Gasteiger partial charge in [-0.05, 0) is 105 Å². The van der Waals surface area contributed by atoms with E-state index < -0.39 is 5.79 Å². The van der Waals surface area contributed by atoms with E-state index in [1.54, 1.807) is 0 Å². The monoisotopic (exact) mass is 727 g/mol. The minimum absolute atomic E-state index is 0.0292. The second kappa shape index (κ2) is 31.0. The van der Waals surface area contributed by atoms with Gasteiger partial charge in [0.25, 0.3) is 0 Å². The molecule has 0 aromatic rings. The van der Waals surface area contributed by atoms with Crippen molar-refractivity contribution in [2.75, 3.05) is 41.3 Å². The molecule has 0 bridgehead atoms. The summed E-state index contributed by atoms with van der Waals surface area (Å²) in [5, 5.41) is 0. The average molecular weight is 727 g/mol. The molecule has 2 saturated heterocycles. The number of ether oxygens (including phenoxy) is 3. The fourth-order valence-corrected chi connectivity index (χ4v) is 7.75. The quantitative estimate of drug-likeness (QED) is 0.0487. The van der Waals surface area contributed by atoms with Crippen molar-refractivity contribution in [3.8, 4) is 0 Å². The van der Waals surface area contributed by atoms with Crippen molar-refractivity contribution in [2.24, 2.45) is 0 Å². The lowest BCUT2D eigenvalue weighted by atomic mass is 9.98. The zero-order chi connectivity index (χ0) is 37.5. The summed E-state index contributed by atoms with van der Waals surface area (Å²) in [6.45, 7) is 6.29. The summed E-state index contributed by atoms with van der Waals surface area (Å²) in [7, 11) is 8.54. The van der Waals surface area contributed by atoms with Crippen molar-refractivity contribution in [3.05, 3.63) is 48.6 Å². The highest BCUT2D eigenvalue weighted by Crippen LogP contribution is 2.44. The van der Waals surface area contributed by atoms with Crippen molar-refractivity contribution < 1.29 is 14.2 Å². The molecule has 0 spiro atoms. The molecule has 0 aromatic carbocycles. The minimum Gasteiger partial charge on any atom is -0.367 e. The number of likely N-dealkylation sites (N-methyl/N-ethyl adjacent to an activating group) is 2. The number of nitrogens with zero attached hydrogens (tertiary/aromatic N) is 2. The maximum atomic E-state index is 7.03. The first-order valence-corrected chi connectivity index (χ1v) is 22.3. The van der Waals surface area contributed by atoms with Crippen LogP contribution in [0.1, 0.15) is 181 Å². The first-order chi connectivity index (χ1) is 25.4. The fraction of sp³-hybridized carbons (Fsp3) is 0.830. The Hall–Kier alpha value is -1.24. The Labute approximate surface area is 324 Å². The van der Waals surface area contributed by atoms with Crippen molar-refractivity contribution in [1.82, 2.24) is 9.80 Å². The Bertz CT molecular complexity index is 867. The van der Waals surface area contributed by atoms with E-state index in [1.165, 1.54) is 141 Å². The summed E-state index contributed by atoms with van der Waals surface area (Å²) in [6.07, 6.45) is 51.6. The molecule has 5 nitrogen and oxygen atoms in total. The summed E-state index contributed by atoms with van der Waals surface area (Å²) in [5.74, 6) is -0.446. The minimum atomic E-state index is -0.446. The third-order valence-corrected chi connectivity index (χ3v) is 10.7. The summed E-state index contributed by atoms with van der Waals surface area (Å²) in [5.41, 5.74) is 0. The zero-order valence-electron chi connectivity index (χ0n) is 35.3. The van der Waals surface area contributed by atoms with Crippen LogP contribution >= 0.6 is 0 Å². The highest BCUT2D eigenvalue weighted by Gasteiger charge is 2.57. The van der Waals surface area contributed by atoms with Gasteiger partial charge < -0.3 is 24.0 Å². The second-order valence-corrected chi connectivity index (χ2v) is 16.5. The first kappa shape index (κ1) is 46.9. The largest absolute Gasteiger partial charge is 0.367 e. The van der Waals surface area contributed by atoms with Crippen LogP contribution in [0.3, 0.4) is 0 Å². The highest BCUT2D eigenvalue weighted by molar-refractivity contribution is 5.01. The third-order valence-electron chi connectivity index (χ3n) is 10.7. The predicted molar refractivity (Wildman–Crippen MR) is 226 cm³/mol. The smallest absolute Gasteiger partial charge is 0.169 e. The molecule has 2 aliphatic rings. The Morgan fingerprint density at radius 1 is 0.423 bits per heavy atom. The van der Waals surface area contributed by atoms with Crippen molar-refractivity contribution >= 4 is 0 Å². The fourth-order valence-electron chi connectivity index (χ4n) is 7.75. The zero-order valence-corrected chi connectivity index (χ0v) is 35.3. The van der Waals surface area contributed by atoms with Gasteiger partial charge in [0.1, 0.15) is 12.2 Å². The van der Waals surface area contributed by atoms with E-state index in [-0.39, 0.29) is 24.4 Å². The molecule has 0 aromatic heterocycles. The van der Waals surface area contributed by atoms with Gasteiger partial charge in [-0.2, -0.15) is 0 Å². The van der Waals surface area contributed by atoms with Gasteiger partial charge in [0.05, 0.1) is 12.2 Å². The van der Waals surface area contributed by atoms with Crippen LogP contribution in [0.15, 0.2) is 48.6 Å². The molecule has 2 fully saturated rings. The maximum absolute atomic E-state index is 7.03. The molecular formula is C47H86N2O3. The Morgan fingerprint density at radius 3 is 1.10 bits per heavy atom. The lowest BCUT2D eigenvalue weighted by Crippen LogP contribution is -2.39. The van der Waals surface area contributed by atoms with Crippen LogP contribution in [0.2, 0.25) is 0 Å². The second-order valence-electron chi connectivity index (χ2n) is 16.5. The number of hydrogen-bond acceptors (Lipinski definition) is 5. The summed E-state index contributed by atoms with van der Waals surface area (Å²) >= 11 is 0. The van der Waals surface area contributed by atoms with Gasteiger partial charge in [0.15, 0.2) is 5.79 Å². The van der Waals surface area contributed by atoms with Crippen LogP contribution in [-0.2, 0) is 14.2 Å². The molecular weight excluding hydrogens is 641 g/mol. The summed E-state index contributed by atoms with van der Waals surface area (Å²) in [6, 6.07) is 0. The SMILES string of the molecule is CCCCC/C=C\C/C=C\CCCCCCCCC1(CCCCCCCC/C=C\C/C=C\CCCCC)O[C@H]2[C@H](O1)[C@@H](CN(C)C)O[C@H]2CN(C)C. The van der Waals surface area contributed by atoms with Gasteiger partial charge in [-0.25, -0.2) is 0 Å². The van der Waals surface area contributed by atoms with Gasteiger partial charge >= 0.3 is 0 Å². The van der Waals surface area contributed by atoms with E-state index >= 15 is 0 Å². The molecule has 0 saturated carbocycles. The van der Waals surface area contributed by atoms with Crippen molar-refractivity contribution in [3.63, 3.8) is 0 Å². The van der Waals surface area contributed by atoms with Crippen LogP contribution in [0.25, 0.3) is 0 Å². The van der Waals surface area contributed by atoms with Gasteiger partial charge in [0, 0.05) is 25.9 Å². The van der Waals surface area contributed by atoms with Crippen LogP contribution in [0, 0.1) is 0 Å². The summed E-state index contributed by atoms with van der Waals surface area (Å²) in [4.78, 5) is 4.46. The normalized spacial score (nSPS) is 21.8. The highest BCUT2D eigenvalue weighted by atomic mass is 16.8. The molecule has 0 radical (unpaired) electrons. The van der Waals surface area contributed by atoms with E-state index in [0.717, 1.165) is 38.8 Å². The molecule has 52 heavy (non-hydrogen) atoms. The number of hydrogen-bond donors (Lipinski definition) is 0. The molecule has 5 heteroatoms. The van der Waals surface area contributed by atoms with E-state index in [4.69, 9.17) is 14.2 Å².